The Morgan fingerprint density at radius 1 is 1.35 bits per heavy atom. The molecule has 0 spiro atoms. The molecule has 2 rings (SSSR count). The second-order valence-electron chi connectivity index (χ2n) is 5.17. The van der Waals surface area contributed by atoms with E-state index in [2.05, 4.69) is 10.2 Å². The smallest absolute Gasteiger partial charge is 0.237 e. The van der Waals surface area contributed by atoms with Gasteiger partial charge >= 0.3 is 0 Å². The highest BCUT2D eigenvalue weighted by atomic mass is 16.5. The maximum absolute atomic E-state index is 11.9. The van der Waals surface area contributed by atoms with E-state index in [0.717, 1.165) is 38.4 Å². The van der Waals surface area contributed by atoms with Crippen LogP contribution in [0.1, 0.15) is 18.5 Å². The van der Waals surface area contributed by atoms with Crippen LogP contribution >= 0.6 is 0 Å². The van der Waals surface area contributed by atoms with Crippen LogP contribution in [-0.2, 0) is 9.53 Å². The molecule has 3 N–H and O–H groups in total. The molecule has 0 radical (unpaired) electrons. The number of morpholine rings is 1. The summed E-state index contributed by atoms with van der Waals surface area (Å²) in [5, 5.41) is 3.03. The summed E-state index contributed by atoms with van der Waals surface area (Å²) in [6, 6.07) is 9.49. The third kappa shape index (κ3) is 4.30. The number of amides is 1. The van der Waals surface area contributed by atoms with Gasteiger partial charge in [-0.1, -0.05) is 30.3 Å². The summed E-state index contributed by atoms with van der Waals surface area (Å²) in [5.74, 6) is -0.118. The van der Waals surface area contributed by atoms with Gasteiger partial charge in [-0.15, -0.1) is 0 Å². The van der Waals surface area contributed by atoms with E-state index in [1.165, 1.54) is 0 Å². The number of carbonyl (C=O) groups excluding carboxylic acids is 1. The monoisotopic (exact) mass is 277 g/mol. The molecule has 1 fully saturated rings. The molecule has 1 aromatic carbocycles. The molecule has 1 heterocycles. The van der Waals surface area contributed by atoms with Crippen molar-refractivity contribution in [3.8, 4) is 0 Å². The normalized spacial score (nSPS) is 19.3. The van der Waals surface area contributed by atoms with Crippen molar-refractivity contribution in [3.05, 3.63) is 35.9 Å². The van der Waals surface area contributed by atoms with E-state index in [1.807, 2.05) is 30.3 Å². The van der Waals surface area contributed by atoms with Crippen LogP contribution in [-0.4, -0.2) is 49.7 Å². The third-order valence-electron chi connectivity index (χ3n) is 3.48. The van der Waals surface area contributed by atoms with Crippen LogP contribution in [0.15, 0.2) is 30.3 Å². The van der Waals surface area contributed by atoms with Gasteiger partial charge in [0.15, 0.2) is 0 Å². The van der Waals surface area contributed by atoms with E-state index in [1.54, 1.807) is 6.92 Å². The van der Waals surface area contributed by atoms with Crippen LogP contribution in [0.3, 0.4) is 0 Å². The lowest BCUT2D eigenvalue weighted by Crippen LogP contribution is -2.46. The minimum Gasteiger partial charge on any atom is -0.379 e. The Morgan fingerprint density at radius 2 is 2.00 bits per heavy atom. The van der Waals surface area contributed by atoms with Gasteiger partial charge in [-0.2, -0.15) is 0 Å². The molecule has 110 valence electrons. The SMILES string of the molecule is C[C@@H](N)C(=O)NC(CN1CCOCC1)c1ccccc1. The molecule has 1 aliphatic rings. The minimum absolute atomic E-state index is 0.0344. The van der Waals surface area contributed by atoms with Crippen molar-refractivity contribution in [1.82, 2.24) is 10.2 Å². The summed E-state index contributed by atoms with van der Waals surface area (Å²) in [6.45, 7) is 5.79. The van der Waals surface area contributed by atoms with Crippen molar-refractivity contribution in [2.75, 3.05) is 32.8 Å². The molecular weight excluding hydrogens is 254 g/mol. The fraction of sp³-hybridized carbons (Fsp3) is 0.533. The van der Waals surface area contributed by atoms with Gasteiger partial charge < -0.3 is 15.8 Å². The van der Waals surface area contributed by atoms with Gasteiger partial charge in [0.05, 0.1) is 25.3 Å². The lowest BCUT2D eigenvalue weighted by Gasteiger charge is -2.31. The average molecular weight is 277 g/mol. The quantitative estimate of drug-likeness (QED) is 0.823. The number of hydrogen-bond acceptors (Lipinski definition) is 4. The summed E-state index contributed by atoms with van der Waals surface area (Å²) in [7, 11) is 0. The van der Waals surface area contributed by atoms with Gasteiger partial charge in [-0.05, 0) is 12.5 Å². The first-order chi connectivity index (χ1) is 9.66. The van der Waals surface area contributed by atoms with Crippen molar-refractivity contribution in [2.24, 2.45) is 5.73 Å². The Labute approximate surface area is 120 Å². The summed E-state index contributed by atoms with van der Waals surface area (Å²) >= 11 is 0. The Balaban J connectivity index is 2.05. The van der Waals surface area contributed by atoms with Gasteiger partial charge in [-0.3, -0.25) is 9.69 Å². The molecular formula is C15H23N3O2. The standard InChI is InChI=1S/C15H23N3O2/c1-12(16)15(19)17-14(13-5-3-2-4-6-13)11-18-7-9-20-10-8-18/h2-6,12,14H,7-11,16H2,1H3,(H,17,19)/t12-,14?/m1/s1. The Morgan fingerprint density at radius 3 is 2.60 bits per heavy atom. The van der Waals surface area contributed by atoms with Crippen molar-refractivity contribution < 1.29 is 9.53 Å². The second-order valence-corrected chi connectivity index (χ2v) is 5.17. The maximum Gasteiger partial charge on any atom is 0.237 e. The molecule has 0 aromatic heterocycles. The fourth-order valence-corrected chi connectivity index (χ4v) is 2.26. The fourth-order valence-electron chi connectivity index (χ4n) is 2.26. The third-order valence-corrected chi connectivity index (χ3v) is 3.48. The Bertz CT molecular complexity index is 416. The van der Waals surface area contributed by atoms with Gasteiger partial charge in [0.1, 0.15) is 0 Å². The summed E-state index contributed by atoms with van der Waals surface area (Å²) < 4.78 is 5.36. The number of nitrogens with one attached hydrogen (secondary N) is 1. The van der Waals surface area contributed by atoms with Crippen LogP contribution in [0.2, 0.25) is 0 Å². The number of nitrogens with two attached hydrogens (primary N) is 1. The van der Waals surface area contributed by atoms with Gasteiger partial charge in [-0.25, -0.2) is 0 Å². The maximum atomic E-state index is 11.9. The lowest BCUT2D eigenvalue weighted by molar-refractivity contribution is -0.123. The molecule has 1 unspecified atom stereocenters. The number of nitrogens with zero attached hydrogens (tertiary/aromatic N) is 1. The van der Waals surface area contributed by atoms with E-state index in [9.17, 15) is 4.79 Å². The molecule has 5 nitrogen and oxygen atoms in total. The van der Waals surface area contributed by atoms with E-state index >= 15 is 0 Å². The Hall–Kier alpha value is -1.43. The predicted molar refractivity (Wildman–Crippen MR) is 78.2 cm³/mol. The molecule has 0 saturated carbocycles. The number of rotatable bonds is 5. The van der Waals surface area contributed by atoms with Crippen molar-refractivity contribution in [1.29, 1.82) is 0 Å². The van der Waals surface area contributed by atoms with E-state index in [-0.39, 0.29) is 11.9 Å². The lowest BCUT2D eigenvalue weighted by atomic mass is 10.1. The molecule has 0 aliphatic carbocycles. The Kier molecular flexibility index (Phi) is 5.52. The molecule has 1 aliphatic heterocycles. The first-order valence-electron chi connectivity index (χ1n) is 7.08. The van der Waals surface area contributed by atoms with Gasteiger partial charge in [0.2, 0.25) is 5.91 Å². The first kappa shape index (κ1) is 15.0. The molecule has 2 atom stereocenters. The van der Waals surface area contributed by atoms with Crippen LogP contribution in [0, 0.1) is 0 Å². The second kappa shape index (κ2) is 7.38. The number of carbonyl (C=O) groups is 1. The van der Waals surface area contributed by atoms with Crippen molar-refractivity contribution in [3.63, 3.8) is 0 Å². The average Bonchev–Trinajstić information content (AvgIpc) is 2.48. The first-order valence-corrected chi connectivity index (χ1v) is 7.08. The van der Waals surface area contributed by atoms with Crippen LogP contribution in [0.5, 0.6) is 0 Å². The zero-order valence-electron chi connectivity index (χ0n) is 11.9. The molecule has 1 aromatic rings. The highest BCUT2D eigenvalue weighted by Crippen LogP contribution is 2.15. The molecule has 1 saturated heterocycles. The molecule has 5 heteroatoms. The highest BCUT2D eigenvalue weighted by molar-refractivity contribution is 5.81. The van der Waals surface area contributed by atoms with E-state index < -0.39 is 6.04 Å². The molecule has 1 amide bonds. The minimum atomic E-state index is -0.495. The molecule has 20 heavy (non-hydrogen) atoms. The van der Waals surface area contributed by atoms with Crippen LogP contribution in [0.25, 0.3) is 0 Å². The van der Waals surface area contributed by atoms with Crippen molar-refractivity contribution in [2.45, 2.75) is 19.0 Å². The van der Waals surface area contributed by atoms with Crippen LogP contribution < -0.4 is 11.1 Å². The van der Waals surface area contributed by atoms with Crippen LogP contribution in [0.4, 0.5) is 0 Å². The largest absolute Gasteiger partial charge is 0.379 e. The highest BCUT2D eigenvalue weighted by Gasteiger charge is 2.21. The summed E-state index contributed by atoms with van der Waals surface area (Å²) in [6.07, 6.45) is 0. The van der Waals surface area contributed by atoms with Crippen molar-refractivity contribution >= 4 is 5.91 Å². The van der Waals surface area contributed by atoms with E-state index in [4.69, 9.17) is 10.5 Å². The van der Waals surface area contributed by atoms with E-state index in [0.29, 0.717) is 0 Å². The molecule has 0 bridgehead atoms. The summed E-state index contributed by atoms with van der Waals surface area (Å²) in [4.78, 5) is 14.2. The zero-order valence-corrected chi connectivity index (χ0v) is 11.9. The number of ether oxygens (including phenoxy) is 1. The summed E-state index contributed by atoms with van der Waals surface area (Å²) in [5.41, 5.74) is 6.75. The number of hydrogen-bond donors (Lipinski definition) is 2. The number of benzene rings is 1. The predicted octanol–water partition coefficient (Wildman–Crippen LogP) is 0.523. The van der Waals surface area contributed by atoms with Gasteiger partial charge in [0, 0.05) is 19.6 Å². The topological polar surface area (TPSA) is 67.6 Å². The van der Waals surface area contributed by atoms with Gasteiger partial charge in [0.25, 0.3) is 0 Å². The zero-order chi connectivity index (χ0) is 14.4.